The summed E-state index contributed by atoms with van der Waals surface area (Å²) in [6.45, 7) is 18.7. The Labute approximate surface area is 381 Å². The Morgan fingerprint density at radius 1 is 0.477 bits per heavy atom. The van der Waals surface area contributed by atoms with Gasteiger partial charge in [0.1, 0.15) is 0 Å². The minimum atomic E-state index is 0.548. The zero-order valence-electron chi connectivity index (χ0n) is 36.6. The van der Waals surface area contributed by atoms with Gasteiger partial charge in [-0.1, -0.05) is 190 Å². The molecule has 0 radical (unpaired) electrons. The number of rotatable bonds is 12. The van der Waals surface area contributed by atoms with Crippen LogP contribution < -0.4 is 0 Å². The van der Waals surface area contributed by atoms with Gasteiger partial charge in [-0.3, -0.25) is 4.99 Å². The van der Waals surface area contributed by atoms with Gasteiger partial charge in [-0.15, -0.1) is 0 Å². The lowest BCUT2D eigenvalue weighted by Gasteiger charge is -2.29. The van der Waals surface area contributed by atoms with Gasteiger partial charge in [0.05, 0.1) is 11.4 Å². The van der Waals surface area contributed by atoms with E-state index in [2.05, 4.69) is 218 Å². The maximum Gasteiger partial charge on any atom is 0.0853 e. The maximum absolute atomic E-state index is 4.34. The van der Waals surface area contributed by atoms with Crippen LogP contribution in [0.3, 0.4) is 0 Å². The van der Waals surface area contributed by atoms with Crippen LogP contribution in [0.15, 0.2) is 254 Å². The molecule has 10 aromatic carbocycles. The molecule has 0 bridgehead atoms. The van der Waals surface area contributed by atoms with E-state index in [9.17, 15) is 0 Å². The standard InChI is InChI=1S/C63H48N2/c1-6-20-49(21-7-2)65(60(9-4)59(8-3)64-5)41-58-50-24-12-14-26-52(50)61(53-27-15-13-25-51(53)58)47-36-33-45-40-48(37-34-44(45)39-47)63-56-30-18-16-28-54(56)62(55-29-17-19-31-57(55)63)46-35-32-42-22-10-11-23-43(42)38-46/h6-40H,1,3-5,41H2,2H3/b21-7-,49-20+,60-59-. The van der Waals surface area contributed by atoms with Gasteiger partial charge in [0.2, 0.25) is 0 Å². The topological polar surface area (TPSA) is 15.6 Å². The van der Waals surface area contributed by atoms with Crippen molar-refractivity contribution in [2.24, 2.45) is 4.99 Å². The van der Waals surface area contributed by atoms with Crippen molar-refractivity contribution in [2.45, 2.75) is 13.5 Å². The molecule has 0 saturated carbocycles. The lowest BCUT2D eigenvalue weighted by molar-refractivity contribution is 0.446. The predicted molar refractivity (Wildman–Crippen MR) is 283 cm³/mol. The highest BCUT2D eigenvalue weighted by Crippen LogP contribution is 2.46. The van der Waals surface area contributed by atoms with Crippen molar-refractivity contribution in [3.63, 3.8) is 0 Å². The summed E-state index contributed by atoms with van der Waals surface area (Å²) >= 11 is 0. The molecule has 0 atom stereocenters. The van der Waals surface area contributed by atoms with Gasteiger partial charge < -0.3 is 4.90 Å². The SMILES string of the molecule is C=C/C=C(\C=C/C)N(Cc1c2ccccc2c(-c2ccc3cc(-c4c5ccccc5c(-c5ccc6ccccc6c5)c5ccccc45)ccc3c2)c2ccccc12)/C(C=C)=C(/C=C)N=C. The van der Waals surface area contributed by atoms with Crippen molar-refractivity contribution in [3.8, 4) is 33.4 Å². The van der Waals surface area contributed by atoms with Crippen LogP contribution in [0.5, 0.6) is 0 Å². The van der Waals surface area contributed by atoms with Gasteiger partial charge in [0.25, 0.3) is 0 Å². The monoisotopic (exact) mass is 832 g/mol. The maximum atomic E-state index is 4.34. The molecule has 2 nitrogen and oxygen atoms in total. The fourth-order valence-electron chi connectivity index (χ4n) is 9.96. The van der Waals surface area contributed by atoms with Gasteiger partial charge in [0.15, 0.2) is 0 Å². The van der Waals surface area contributed by atoms with E-state index < -0.39 is 0 Å². The third kappa shape index (κ3) is 7.16. The van der Waals surface area contributed by atoms with Crippen molar-refractivity contribution < 1.29 is 0 Å². The summed E-state index contributed by atoms with van der Waals surface area (Å²) in [5.74, 6) is 0. The molecule has 0 aliphatic rings. The van der Waals surface area contributed by atoms with Crippen LogP contribution in [0.2, 0.25) is 0 Å². The quantitative estimate of drug-likeness (QED) is 0.0680. The first-order valence-corrected chi connectivity index (χ1v) is 22.1. The molecule has 0 aliphatic heterocycles. The Kier molecular flexibility index (Phi) is 10.9. The lowest BCUT2D eigenvalue weighted by atomic mass is 9.85. The highest BCUT2D eigenvalue weighted by Gasteiger charge is 2.22. The van der Waals surface area contributed by atoms with Gasteiger partial charge >= 0.3 is 0 Å². The molecule has 0 unspecified atom stereocenters. The lowest BCUT2D eigenvalue weighted by Crippen LogP contribution is -2.22. The fraction of sp³-hybridized carbons (Fsp3) is 0.0317. The average molecular weight is 833 g/mol. The summed E-state index contributed by atoms with van der Waals surface area (Å²) < 4.78 is 0. The first-order chi connectivity index (χ1) is 32.0. The van der Waals surface area contributed by atoms with Crippen LogP contribution >= 0.6 is 0 Å². The van der Waals surface area contributed by atoms with Gasteiger partial charge in [-0.2, -0.15) is 0 Å². The molecular weight excluding hydrogens is 785 g/mol. The van der Waals surface area contributed by atoms with E-state index in [0.717, 1.165) is 11.4 Å². The molecule has 0 aliphatic carbocycles. The fourth-order valence-corrected chi connectivity index (χ4v) is 9.96. The first kappa shape index (κ1) is 40.7. The minimum absolute atomic E-state index is 0.548. The third-order valence-electron chi connectivity index (χ3n) is 12.8. The molecule has 0 fully saturated rings. The Morgan fingerprint density at radius 3 is 1.26 bits per heavy atom. The Balaban J connectivity index is 1.13. The molecule has 2 heteroatoms. The van der Waals surface area contributed by atoms with Crippen molar-refractivity contribution in [2.75, 3.05) is 0 Å². The van der Waals surface area contributed by atoms with Crippen LogP contribution in [0.25, 0.3) is 98.0 Å². The van der Waals surface area contributed by atoms with Crippen LogP contribution in [0, 0.1) is 0 Å². The van der Waals surface area contributed by atoms with E-state index in [1.807, 2.05) is 31.2 Å². The molecule has 310 valence electrons. The third-order valence-corrected chi connectivity index (χ3v) is 12.8. The molecule has 65 heavy (non-hydrogen) atoms. The van der Waals surface area contributed by atoms with Crippen molar-refractivity contribution in [1.29, 1.82) is 0 Å². The van der Waals surface area contributed by atoms with Crippen molar-refractivity contribution >= 4 is 71.4 Å². The molecule has 0 saturated heterocycles. The Bertz CT molecular complexity index is 3550. The Hall–Kier alpha value is -8.33. The smallest absolute Gasteiger partial charge is 0.0853 e. The van der Waals surface area contributed by atoms with Gasteiger partial charge in [0, 0.05) is 12.2 Å². The number of allylic oxidation sites excluding steroid dienone is 6. The minimum Gasteiger partial charge on any atom is -0.335 e. The predicted octanol–water partition coefficient (Wildman–Crippen LogP) is 17.3. The zero-order valence-corrected chi connectivity index (χ0v) is 36.6. The van der Waals surface area contributed by atoms with Gasteiger partial charge in [-0.05, 0) is 160 Å². The number of benzene rings is 10. The summed E-state index contributed by atoms with van der Waals surface area (Å²) in [7, 11) is 0. The number of fused-ring (bicyclic) bond motifs is 6. The average Bonchev–Trinajstić information content (AvgIpc) is 3.36. The van der Waals surface area contributed by atoms with E-state index in [4.69, 9.17) is 0 Å². The van der Waals surface area contributed by atoms with Crippen molar-refractivity contribution in [1.82, 2.24) is 4.90 Å². The van der Waals surface area contributed by atoms with Gasteiger partial charge in [-0.25, -0.2) is 0 Å². The second-order valence-corrected chi connectivity index (χ2v) is 16.4. The molecule has 10 rings (SSSR count). The van der Waals surface area contributed by atoms with Crippen molar-refractivity contribution in [3.05, 3.63) is 255 Å². The highest BCUT2D eigenvalue weighted by atomic mass is 15.2. The molecule has 0 N–H and O–H groups in total. The van der Waals surface area contributed by atoms with E-state index >= 15 is 0 Å². The first-order valence-electron chi connectivity index (χ1n) is 22.1. The molecule has 0 amide bonds. The molecule has 0 aromatic heterocycles. The number of aliphatic imine (C=N–C) groups is 1. The summed E-state index contributed by atoms with van der Waals surface area (Å²) in [6.07, 6.45) is 11.5. The molecular formula is C63H48N2. The van der Waals surface area contributed by atoms with E-state index in [-0.39, 0.29) is 0 Å². The normalized spacial score (nSPS) is 12.4. The van der Waals surface area contributed by atoms with Crippen LogP contribution in [-0.2, 0) is 6.54 Å². The number of hydrogen-bond acceptors (Lipinski definition) is 2. The number of hydrogen-bond donors (Lipinski definition) is 0. The summed E-state index contributed by atoms with van der Waals surface area (Å²) in [5.41, 5.74) is 11.0. The summed E-state index contributed by atoms with van der Waals surface area (Å²) in [6, 6.07) is 64.8. The summed E-state index contributed by atoms with van der Waals surface area (Å²) in [5, 5.41) is 14.6. The van der Waals surface area contributed by atoms with Crippen LogP contribution in [0.1, 0.15) is 12.5 Å². The molecule has 10 aromatic rings. The second kappa shape index (κ2) is 17.4. The molecule has 0 heterocycles. The Morgan fingerprint density at radius 2 is 0.862 bits per heavy atom. The second-order valence-electron chi connectivity index (χ2n) is 16.4. The number of nitrogens with zero attached hydrogens (tertiary/aromatic N) is 2. The van der Waals surface area contributed by atoms with Crippen LogP contribution in [-0.4, -0.2) is 11.6 Å². The summed E-state index contributed by atoms with van der Waals surface area (Å²) in [4.78, 5) is 6.57. The zero-order chi connectivity index (χ0) is 44.4. The van der Waals surface area contributed by atoms with E-state index in [1.54, 1.807) is 6.08 Å². The highest BCUT2D eigenvalue weighted by molar-refractivity contribution is 6.22. The largest absolute Gasteiger partial charge is 0.335 e. The molecule has 0 spiro atoms. The van der Waals surface area contributed by atoms with Crippen LogP contribution in [0.4, 0.5) is 0 Å². The van der Waals surface area contributed by atoms with E-state index in [1.165, 1.54) is 104 Å². The van der Waals surface area contributed by atoms with E-state index in [0.29, 0.717) is 12.2 Å².